The molecular formula is C59H99N3O. The third-order valence-electron chi connectivity index (χ3n) is 24.5. The molecule has 0 aromatic carbocycles. The van der Waals surface area contributed by atoms with Gasteiger partial charge in [0.1, 0.15) is 0 Å². The Morgan fingerprint density at radius 3 is 1.63 bits per heavy atom. The quantitative estimate of drug-likeness (QED) is 0.264. The summed E-state index contributed by atoms with van der Waals surface area (Å²) in [7, 11) is 0. The van der Waals surface area contributed by atoms with E-state index in [0.717, 1.165) is 66.2 Å². The van der Waals surface area contributed by atoms with Gasteiger partial charge < -0.3 is 5.11 Å². The minimum absolute atomic E-state index is 0.0841. The van der Waals surface area contributed by atoms with E-state index in [1.165, 1.54) is 231 Å². The molecule has 2 heterocycles. The van der Waals surface area contributed by atoms with Crippen molar-refractivity contribution in [2.75, 3.05) is 6.54 Å². The molecule has 0 bridgehead atoms. The Morgan fingerprint density at radius 2 is 1.02 bits per heavy atom. The second-order valence-corrected chi connectivity index (χ2v) is 27.0. The lowest BCUT2D eigenvalue weighted by atomic mass is 9.40. The van der Waals surface area contributed by atoms with Crippen molar-refractivity contribution in [3.8, 4) is 0 Å². The molecule has 0 aromatic heterocycles. The van der Waals surface area contributed by atoms with Crippen LogP contribution in [0.4, 0.5) is 0 Å². The van der Waals surface area contributed by atoms with Gasteiger partial charge in [0.2, 0.25) is 0 Å². The summed E-state index contributed by atoms with van der Waals surface area (Å²) in [5.41, 5.74) is 2.27. The fraction of sp³-hybridized carbons (Fsp3) is 0.983. The number of nitrogens with zero attached hydrogens (tertiary/aromatic N) is 3. The van der Waals surface area contributed by atoms with E-state index in [4.69, 9.17) is 5.10 Å². The summed E-state index contributed by atoms with van der Waals surface area (Å²) in [5.74, 6) is 7.65. The first-order valence-electron chi connectivity index (χ1n) is 29.5. The molecule has 0 amide bonds. The first-order valence-corrected chi connectivity index (χ1v) is 29.5. The molecule has 2 unspecified atom stereocenters. The van der Waals surface area contributed by atoms with E-state index in [2.05, 4.69) is 30.7 Å². The van der Waals surface area contributed by atoms with Crippen molar-refractivity contribution >= 4 is 5.71 Å². The molecule has 0 radical (unpaired) electrons. The smallest absolute Gasteiger partial charge is 0.0830 e. The number of piperidine rings is 1. The van der Waals surface area contributed by atoms with E-state index < -0.39 is 5.60 Å². The van der Waals surface area contributed by atoms with Crippen LogP contribution in [0.1, 0.15) is 258 Å². The maximum atomic E-state index is 13.7. The Bertz CT molecular complexity index is 1530. The minimum atomic E-state index is -0.525. The van der Waals surface area contributed by atoms with E-state index in [9.17, 15) is 5.11 Å². The molecule has 9 aliphatic carbocycles. The molecule has 11 rings (SSSR count). The van der Waals surface area contributed by atoms with Crippen LogP contribution in [-0.2, 0) is 0 Å². The summed E-state index contributed by atoms with van der Waals surface area (Å²) in [6.07, 6.45) is 52.7. The predicted molar refractivity (Wildman–Crippen MR) is 263 cm³/mol. The molecule has 4 nitrogen and oxygen atoms in total. The Hall–Kier alpha value is -0.610. The zero-order valence-electron chi connectivity index (χ0n) is 41.7. The summed E-state index contributed by atoms with van der Waals surface area (Å²) in [6.45, 7) is 9.13. The van der Waals surface area contributed by atoms with E-state index in [1.807, 2.05) is 0 Å². The molecule has 10 atom stereocenters. The number of hydrazone groups is 1. The van der Waals surface area contributed by atoms with Gasteiger partial charge in [0.05, 0.1) is 11.6 Å². The summed E-state index contributed by atoms with van der Waals surface area (Å²) >= 11 is 0. The van der Waals surface area contributed by atoms with Crippen LogP contribution in [0, 0.1) is 69.5 Å². The van der Waals surface area contributed by atoms with Crippen molar-refractivity contribution in [2.45, 2.75) is 288 Å². The zero-order valence-corrected chi connectivity index (χ0v) is 41.7. The molecule has 10 fully saturated rings. The van der Waals surface area contributed by atoms with Crippen LogP contribution in [0.5, 0.6) is 0 Å². The van der Waals surface area contributed by atoms with Crippen LogP contribution in [0.15, 0.2) is 5.10 Å². The molecule has 63 heavy (non-hydrogen) atoms. The maximum Gasteiger partial charge on any atom is 0.0830 e. The molecule has 2 aliphatic heterocycles. The van der Waals surface area contributed by atoms with E-state index in [1.54, 1.807) is 5.71 Å². The van der Waals surface area contributed by atoms with Gasteiger partial charge in [0.25, 0.3) is 0 Å². The molecule has 11 aliphatic rings. The van der Waals surface area contributed by atoms with Gasteiger partial charge in [-0.05, 0) is 205 Å². The van der Waals surface area contributed by atoms with Gasteiger partial charge in [-0.1, -0.05) is 111 Å². The van der Waals surface area contributed by atoms with Gasteiger partial charge in [-0.15, -0.1) is 0 Å². The molecule has 4 heteroatoms. The standard InChI is InChI=1S/C59H99N3O/c1-56-33-16-17-34-57(56,2)50-31-36-58(3)51(49(50)30-35-56)32-37-59(58,63)41-61-53(44-20-10-5-11-21-44)38-47(39-54(61)45-22-12-6-13-23-45)42-26-28-48(29-27-42)62-55(46-24-14-7-15-25-46)40-52(60-62)43-18-8-4-9-19-43/h42-51,53-55,63H,4-41H2,1-3H3/t42?,47?,48?,49-,50-,51-,53?,54?,55+,56-,57+,58+,59-/m1/s1. The predicted octanol–water partition coefficient (Wildman–Crippen LogP) is 15.3. The van der Waals surface area contributed by atoms with E-state index in [-0.39, 0.29) is 5.41 Å². The largest absolute Gasteiger partial charge is 0.388 e. The molecule has 9 saturated carbocycles. The van der Waals surface area contributed by atoms with Crippen LogP contribution in [0.3, 0.4) is 0 Å². The monoisotopic (exact) mass is 866 g/mol. The summed E-state index contributed by atoms with van der Waals surface area (Å²) < 4.78 is 0. The maximum absolute atomic E-state index is 13.7. The number of likely N-dealkylation sites (tertiary alicyclic amines) is 1. The average Bonchev–Trinajstić information content (AvgIpc) is 3.89. The highest BCUT2D eigenvalue weighted by atomic mass is 16.3. The minimum Gasteiger partial charge on any atom is -0.388 e. The molecular weight excluding hydrogens is 767 g/mol. The Morgan fingerprint density at radius 1 is 0.476 bits per heavy atom. The van der Waals surface area contributed by atoms with Gasteiger partial charge in [-0.2, -0.15) is 5.10 Å². The van der Waals surface area contributed by atoms with Crippen LogP contribution in [-0.4, -0.2) is 57.0 Å². The number of rotatable bonds is 8. The zero-order chi connectivity index (χ0) is 42.8. The second-order valence-electron chi connectivity index (χ2n) is 27.0. The third kappa shape index (κ3) is 8.11. The van der Waals surface area contributed by atoms with Gasteiger partial charge in [0, 0.05) is 42.2 Å². The van der Waals surface area contributed by atoms with Gasteiger partial charge in [-0.25, -0.2) is 0 Å². The molecule has 0 aromatic rings. The lowest BCUT2D eigenvalue weighted by Crippen LogP contribution is -2.64. The second kappa shape index (κ2) is 18.4. The Balaban J connectivity index is 0.830. The van der Waals surface area contributed by atoms with Crippen molar-refractivity contribution < 1.29 is 5.11 Å². The van der Waals surface area contributed by atoms with Gasteiger partial charge in [-0.3, -0.25) is 9.91 Å². The SMILES string of the molecule is C[C@]12CCCC[C@@]1(C)[C@@H]1CC[C@@]3(C)[C@H](CC[C@@]3(O)CN3C(C4CCCCC4)CC(C4CCC(N5N=C(C6CCCCC6)C[C@H]5C5CCCCC5)CC4)CC3C3CCCCC3)[C@@H]1CC2. The van der Waals surface area contributed by atoms with Crippen LogP contribution in [0.25, 0.3) is 0 Å². The van der Waals surface area contributed by atoms with E-state index in [0.29, 0.717) is 35.0 Å². The van der Waals surface area contributed by atoms with Crippen LogP contribution < -0.4 is 0 Å². The molecule has 1 saturated heterocycles. The van der Waals surface area contributed by atoms with Gasteiger partial charge in [0.15, 0.2) is 0 Å². The highest BCUT2D eigenvalue weighted by Crippen LogP contribution is 2.71. The lowest BCUT2D eigenvalue weighted by Gasteiger charge is -2.65. The van der Waals surface area contributed by atoms with Crippen molar-refractivity contribution in [2.24, 2.45) is 74.6 Å². The van der Waals surface area contributed by atoms with Crippen molar-refractivity contribution in [3.63, 3.8) is 0 Å². The normalized spacial score (nSPS) is 47.8. The Labute approximate surface area is 388 Å². The average molecular weight is 866 g/mol. The number of aliphatic hydroxyl groups is 1. The summed E-state index contributed by atoms with van der Waals surface area (Å²) in [4.78, 5) is 3.20. The van der Waals surface area contributed by atoms with Crippen molar-refractivity contribution in [1.29, 1.82) is 0 Å². The topological polar surface area (TPSA) is 39.1 Å². The fourth-order valence-electron chi connectivity index (χ4n) is 20.4. The number of β-amino-alcohol motifs (C(OH)–C–C–N with tert-alkyl or cyclic N) is 1. The van der Waals surface area contributed by atoms with Crippen molar-refractivity contribution in [1.82, 2.24) is 9.91 Å². The highest BCUT2D eigenvalue weighted by molar-refractivity contribution is 5.88. The van der Waals surface area contributed by atoms with Crippen molar-refractivity contribution in [3.05, 3.63) is 0 Å². The number of hydrogen-bond donors (Lipinski definition) is 1. The van der Waals surface area contributed by atoms with Crippen LogP contribution in [0.2, 0.25) is 0 Å². The van der Waals surface area contributed by atoms with E-state index >= 15 is 0 Å². The number of hydrogen-bond acceptors (Lipinski definition) is 4. The lowest BCUT2D eigenvalue weighted by molar-refractivity contribution is -0.186. The number of fused-ring (bicyclic) bond motifs is 5. The molecule has 0 spiro atoms. The summed E-state index contributed by atoms with van der Waals surface area (Å²) in [5, 5.41) is 22.3. The van der Waals surface area contributed by atoms with Crippen LogP contribution >= 0.6 is 0 Å². The summed E-state index contributed by atoms with van der Waals surface area (Å²) in [6, 6.07) is 2.80. The first-order chi connectivity index (χ1) is 30.7. The third-order valence-corrected chi connectivity index (χ3v) is 24.5. The molecule has 356 valence electrons. The van der Waals surface area contributed by atoms with Gasteiger partial charge >= 0.3 is 0 Å². The Kier molecular flexibility index (Phi) is 13.1. The molecule has 1 N–H and O–H groups in total. The fourth-order valence-corrected chi connectivity index (χ4v) is 20.4. The highest BCUT2D eigenvalue weighted by Gasteiger charge is 2.67. The first kappa shape index (κ1) is 44.9.